The molecule has 1 atom stereocenters. The van der Waals surface area contributed by atoms with Crippen molar-refractivity contribution >= 4 is 22.9 Å². The van der Waals surface area contributed by atoms with Crippen LogP contribution in [0.5, 0.6) is 0 Å². The van der Waals surface area contributed by atoms with Crippen molar-refractivity contribution in [2.45, 2.75) is 46.0 Å². The van der Waals surface area contributed by atoms with Gasteiger partial charge in [0.15, 0.2) is 0 Å². The van der Waals surface area contributed by atoms with Crippen molar-refractivity contribution in [2.24, 2.45) is 11.7 Å². The highest BCUT2D eigenvalue weighted by molar-refractivity contribution is 7.80. The molecular formula is C17H26N2S. The average Bonchev–Trinajstić information content (AvgIpc) is 2.64. The van der Waals surface area contributed by atoms with E-state index in [1.165, 1.54) is 43.4 Å². The lowest BCUT2D eigenvalue weighted by atomic mass is 9.96. The van der Waals surface area contributed by atoms with Crippen molar-refractivity contribution in [2.75, 3.05) is 18.0 Å². The number of aryl methyl sites for hydroxylation is 1. The zero-order valence-corrected chi connectivity index (χ0v) is 13.5. The first kappa shape index (κ1) is 15.3. The second-order valence-corrected chi connectivity index (χ2v) is 6.40. The Labute approximate surface area is 128 Å². The van der Waals surface area contributed by atoms with Crippen molar-refractivity contribution in [3.8, 4) is 0 Å². The zero-order valence-electron chi connectivity index (χ0n) is 12.7. The van der Waals surface area contributed by atoms with E-state index in [0.717, 1.165) is 24.6 Å². The fourth-order valence-electron chi connectivity index (χ4n) is 3.21. The molecule has 0 bridgehead atoms. The smallest absolute Gasteiger partial charge is 0.106 e. The summed E-state index contributed by atoms with van der Waals surface area (Å²) in [6, 6.07) is 6.39. The summed E-state index contributed by atoms with van der Waals surface area (Å²) in [5, 5.41) is 0. The van der Waals surface area contributed by atoms with Crippen LogP contribution >= 0.6 is 12.2 Å². The summed E-state index contributed by atoms with van der Waals surface area (Å²) in [4.78, 5) is 2.99. The maximum atomic E-state index is 5.89. The van der Waals surface area contributed by atoms with Gasteiger partial charge >= 0.3 is 0 Å². The molecule has 1 aromatic carbocycles. The fourth-order valence-corrected chi connectivity index (χ4v) is 3.39. The zero-order chi connectivity index (χ0) is 14.5. The van der Waals surface area contributed by atoms with Gasteiger partial charge in [-0.05, 0) is 49.8 Å². The molecular weight excluding hydrogens is 264 g/mol. The van der Waals surface area contributed by atoms with E-state index in [0.29, 0.717) is 4.99 Å². The number of benzene rings is 1. The van der Waals surface area contributed by atoms with Crippen LogP contribution in [0.4, 0.5) is 5.69 Å². The molecule has 1 heterocycles. The third-order valence-electron chi connectivity index (χ3n) is 4.30. The Morgan fingerprint density at radius 3 is 2.85 bits per heavy atom. The van der Waals surface area contributed by atoms with E-state index in [9.17, 15) is 0 Å². The van der Waals surface area contributed by atoms with Gasteiger partial charge in [0.2, 0.25) is 0 Å². The highest BCUT2D eigenvalue weighted by Crippen LogP contribution is 2.28. The van der Waals surface area contributed by atoms with Gasteiger partial charge in [0.1, 0.15) is 4.99 Å². The molecule has 1 aromatic rings. The molecule has 2 nitrogen and oxygen atoms in total. The lowest BCUT2D eigenvalue weighted by molar-refractivity contribution is 0.435. The van der Waals surface area contributed by atoms with Crippen LogP contribution in [0.25, 0.3) is 0 Å². The van der Waals surface area contributed by atoms with Crippen LogP contribution in [0.3, 0.4) is 0 Å². The van der Waals surface area contributed by atoms with Gasteiger partial charge in [-0.1, -0.05) is 38.0 Å². The van der Waals surface area contributed by atoms with Gasteiger partial charge in [-0.15, -0.1) is 0 Å². The Hall–Kier alpha value is -1.09. The Morgan fingerprint density at radius 2 is 2.15 bits per heavy atom. The highest BCUT2D eigenvalue weighted by atomic mass is 32.1. The molecule has 20 heavy (non-hydrogen) atoms. The van der Waals surface area contributed by atoms with Crippen LogP contribution in [0.2, 0.25) is 0 Å². The fraction of sp³-hybridized carbons (Fsp3) is 0.588. The Morgan fingerprint density at radius 1 is 1.35 bits per heavy atom. The van der Waals surface area contributed by atoms with Crippen LogP contribution in [0.1, 0.15) is 50.2 Å². The monoisotopic (exact) mass is 290 g/mol. The van der Waals surface area contributed by atoms with E-state index < -0.39 is 0 Å². The van der Waals surface area contributed by atoms with E-state index >= 15 is 0 Å². The van der Waals surface area contributed by atoms with Gasteiger partial charge in [-0.2, -0.15) is 0 Å². The van der Waals surface area contributed by atoms with E-state index in [1.807, 2.05) is 0 Å². The quantitative estimate of drug-likeness (QED) is 0.849. The summed E-state index contributed by atoms with van der Waals surface area (Å²) >= 11 is 5.21. The molecule has 2 N–H and O–H groups in total. The van der Waals surface area contributed by atoms with E-state index in [2.05, 4.69) is 36.9 Å². The lowest BCUT2D eigenvalue weighted by Crippen LogP contribution is -2.27. The highest BCUT2D eigenvalue weighted by Gasteiger charge is 2.19. The molecule has 1 fully saturated rings. The van der Waals surface area contributed by atoms with Crippen molar-refractivity contribution < 1.29 is 0 Å². The Bertz CT molecular complexity index is 470. The van der Waals surface area contributed by atoms with Gasteiger partial charge < -0.3 is 10.6 Å². The van der Waals surface area contributed by atoms with Crippen molar-refractivity contribution in [3.63, 3.8) is 0 Å². The largest absolute Gasteiger partial charge is 0.389 e. The van der Waals surface area contributed by atoms with Gasteiger partial charge in [0, 0.05) is 24.3 Å². The number of nitrogens with two attached hydrogens (primary N) is 1. The molecule has 1 saturated heterocycles. The second-order valence-electron chi connectivity index (χ2n) is 5.96. The molecule has 1 unspecified atom stereocenters. The predicted molar refractivity (Wildman–Crippen MR) is 91.5 cm³/mol. The lowest BCUT2D eigenvalue weighted by Gasteiger charge is -2.26. The number of rotatable bonds is 4. The summed E-state index contributed by atoms with van der Waals surface area (Å²) in [6.07, 6.45) is 6.59. The van der Waals surface area contributed by atoms with Crippen LogP contribution in [0.15, 0.2) is 18.2 Å². The molecule has 1 aliphatic rings. The normalized spacial score (nSPS) is 19.7. The van der Waals surface area contributed by atoms with Gasteiger partial charge in [0.05, 0.1) is 0 Å². The average molecular weight is 290 g/mol. The van der Waals surface area contributed by atoms with Gasteiger partial charge in [-0.3, -0.25) is 0 Å². The predicted octanol–water partition coefficient (Wildman–Crippen LogP) is 4.04. The molecule has 2 rings (SSSR count). The SMILES string of the molecule is CCCC1CCCN(c2cc(C)ccc2C(N)=S)CC1. The molecule has 0 amide bonds. The van der Waals surface area contributed by atoms with Gasteiger partial charge in [-0.25, -0.2) is 0 Å². The molecule has 3 heteroatoms. The molecule has 0 radical (unpaired) electrons. The topological polar surface area (TPSA) is 29.3 Å². The summed E-state index contributed by atoms with van der Waals surface area (Å²) < 4.78 is 0. The van der Waals surface area contributed by atoms with Crippen LogP contribution in [-0.4, -0.2) is 18.1 Å². The van der Waals surface area contributed by atoms with Crippen LogP contribution in [-0.2, 0) is 0 Å². The minimum atomic E-state index is 0.509. The van der Waals surface area contributed by atoms with Crippen LogP contribution < -0.4 is 10.6 Å². The molecule has 0 spiro atoms. The first-order valence-corrected chi connectivity index (χ1v) is 8.18. The maximum Gasteiger partial charge on any atom is 0.106 e. The molecule has 1 aliphatic heterocycles. The van der Waals surface area contributed by atoms with E-state index in [4.69, 9.17) is 18.0 Å². The summed E-state index contributed by atoms with van der Waals surface area (Å²) in [5.41, 5.74) is 9.42. The third kappa shape index (κ3) is 3.72. The first-order chi connectivity index (χ1) is 9.61. The number of hydrogen-bond donors (Lipinski definition) is 1. The van der Waals surface area contributed by atoms with Crippen LogP contribution in [0, 0.1) is 12.8 Å². The third-order valence-corrected chi connectivity index (χ3v) is 4.52. The Kier molecular flexibility index (Phi) is 5.41. The van der Waals surface area contributed by atoms with E-state index in [1.54, 1.807) is 0 Å². The summed E-state index contributed by atoms with van der Waals surface area (Å²) in [5.74, 6) is 0.892. The number of nitrogens with zero attached hydrogens (tertiary/aromatic N) is 1. The standard InChI is InChI=1S/C17H26N2S/c1-3-5-14-6-4-10-19(11-9-14)16-12-13(2)7-8-15(16)17(18)20/h7-8,12,14H,3-6,9-11H2,1-2H3,(H2,18,20). The minimum absolute atomic E-state index is 0.509. The van der Waals surface area contributed by atoms with Gasteiger partial charge in [0.25, 0.3) is 0 Å². The minimum Gasteiger partial charge on any atom is -0.389 e. The molecule has 0 saturated carbocycles. The van der Waals surface area contributed by atoms with Crippen molar-refractivity contribution in [3.05, 3.63) is 29.3 Å². The van der Waals surface area contributed by atoms with Crippen molar-refractivity contribution in [1.82, 2.24) is 0 Å². The van der Waals surface area contributed by atoms with E-state index in [-0.39, 0.29) is 0 Å². The molecule has 0 aromatic heterocycles. The maximum absolute atomic E-state index is 5.89. The number of anilines is 1. The summed E-state index contributed by atoms with van der Waals surface area (Å²) in [7, 11) is 0. The van der Waals surface area contributed by atoms with Crippen molar-refractivity contribution in [1.29, 1.82) is 0 Å². The number of hydrogen-bond acceptors (Lipinski definition) is 2. The second kappa shape index (κ2) is 7.07. The Balaban J connectivity index is 2.18. The number of thiocarbonyl (C=S) groups is 1. The summed E-state index contributed by atoms with van der Waals surface area (Å²) in [6.45, 7) is 6.67. The molecule has 0 aliphatic carbocycles. The molecule has 110 valence electrons. The first-order valence-electron chi connectivity index (χ1n) is 7.77.